The number of guanidine groups is 1. The highest BCUT2D eigenvalue weighted by Gasteiger charge is 2.23. The highest BCUT2D eigenvalue weighted by molar-refractivity contribution is 5.80. The Morgan fingerprint density at radius 2 is 1.93 bits per heavy atom. The summed E-state index contributed by atoms with van der Waals surface area (Å²) in [6, 6.07) is 8.77. The number of fused-ring (bicyclic) bond motifs is 1. The molecule has 0 aromatic heterocycles. The fraction of sp³-hybridized carbons (Fsp3) is 0.619. The molecule has 6 heteroatoms. The van der Waals surface area contributed by atoms with Crippen LogP contribution in [0.3, 0.4) is 0 Å². The van der Waals surface area contributed by atoms with E-state index in [0.717, 1.165) is 64.5 Å². The molecule has 1 fully saturated rings. The van der Waals surface area contributed by atoms with Crippen LogP contribution in [0.2, 0.25) is 0 Å². The van der Waals surface area contributed by atoms with Gasteiger partial charge in [0.05, 0.1) is 0 Å². The summed E-state index contributed by atoms with van der Waals surface area (Å²) in [6.07, 6.45) is 3.89. The van der Waals surface area contributed by atoms with Crippen molar-refractivity contribution < 1.29 is 4.79 Å². The maximum absolute atomic E-state index is 11.6. The van der Waals surface area contributed by atoms with Gasteiger partial charge in [0.15, 0.2) is 5.96 Å². The minimum atomic E-state index is 0.152. The minimum Gasteiger partial charge on any atom is -0.359 e. The molecule has 3 rings (SSSR count). The summed E-state index contributed by atoms with van der Waals surface area (Å²) in [5.74, 6) is 1.64. The van der Waals surface area contributed by atoms with Crippen LogP contribution in [-0.4, -0.2) is 68.5 Å². The molecule has 0 bridgehead atoms. The molecule has 1 saturated heterocycles. The molecule has 0 spiro atoms. The number of piperidine rings is 1. The second-order valence-electron chi connectivity index (χ2n) is 7.58. The van der Waals surface area contributed by atoms with Gasteiger partial charge in [0.1, 0.15) is 0 Å². The van der Waals surface area contributed by atoms with E-state index in [1.807, 2.05) is 7.05 Å². The van der Waals surface area contributed by atoms with E-state index in [9.17, 15) is 4.79 Å². The number of nitrogens with zero attached hydrogens (tertiary/aromatic N) is 3. The molecule has 0 saturated carbocycles. The predicted molar refractivity (Wildman–Crippen MR) is 110 cm³/mol. The second kappa shape index (κ2) is 9.74. The summed E-state index contributed by atoms with van der Waals surface area (Å²) in [7, 11) is 3.57. The van der Waals surface area contributed by atoms with Gasteiger partial charge in [-0.05, 0) is 36.3 Å². The van der Waals surface area contributed by atoms with Crippen molar-refractivity contribution in [3.63, 3.8) is 0 Å². The van der Waals surface area contributed by atoms with Crippen LogP contribution in [0.5, 0.6) is 0 Å². The first-order chi connectivity index (χ1) is 13.2. The highest BCUT2D eigenvalue weighted by atomic mass is 16.1. The van der Waals surface area contributed by atoms with Crippen molar-refractivity contribution in [2.75, 3.05) is 46.8 Å². The van der Waals surface area contributed by atoms with Crippen molar-refractivity contribution in [3.8, 4) is 0 Å². The topological polar surface area (TPSA) is 60.0 Å². The number of benzene rings is 1. The summed E-state index contributed by atoms with van der Waals surface area (Å²) >= 11 is 0. The number of amides is 1. The Labute approximate surface area is 163 Å². The van der Waals surface area contributed by atoms with Gasteiger partial charge in [-0.3, -0.25) is 14.7 Å². The van der Waals surface area contributed by atoms with E-state index < -0.39 is 0 Å². The molecule has 6 nitrogen and oxygen atoms in total. The number of rotatable bonds is 5. The standard InChI is InChI=1S/C21H33N5O/c1-22-20(27)15-17-7-12-26(13-8-17)21(23-2)24-10-14-25-11-9-18-5-3-4-6-19(18)16-25/h3-6,17H,7-16H2,1-2H3,(H,22,27)(H,23,24). The predicted octanol–water partition coefficient (Wildman–Crippen LogP) is 1.47. The van der Waals surface area contributed by atoms with Gasteiger partial charge in [-0.25, -0.2) is 0 Å². The number of aliphatic imine (C=N–C) groups is 1. The Morgan fingerprint density at radius 3 is 2.63 bits per heavy atom. The molecule has 2 heterocycles. The van der Waals surface area contributed by atoms with Crippen LogP contribution in [0.25, 0.3) is 0 Å². The first-order valence-corrected chi connectivity index (χ1v) is 10.1. The molecule has 2 aliphatic heterocycles. The van der Waals surface area contributed by atoms with E-state index in [-0.39, 0.29) is 5.91 Å². The molecule has 1 aromatic carbocycles. The van der Waals surface area contributed by atoms with Crippen molar-refractivity contribution in [1.29, 1.82) is 0 Å². The molecule has 0 radical (unpaired) electrons. The van der Waals surface area contributed by atoms with Gasteiger partial charge >= 0.3 is 0 Å². The van der Waals surface area contributed by atoms with Gasteiger partial charge in [0.25, 0.3) is 0 Å². The Balaban J connectivity index is 1.40. The number of carbonyl (C=O) groups excluding carboxylic acids is 1. The summed E-state index contributed by atoms with van der Waals surface area (Å²) in [5.41, 5.74) is 2.96. The number of likely N-dealkylation sites (tertiary alicyclic amines) is 1. The van der Waals surface area contributed by atoms with E-state index in [1.54, 1.807) is 7.05 Å². The molecular weight excluding hydrogens is 338 g/mol. The van der Waals surface area contributed by atoms with Crippen LogP contribution in [0.4, 0.5) is 0 Å². The molecule has 27 heavy (non-hydrogen) atoms. The van der Waals surface area contributed by atoms with Gasteiger partial charge in [-0.15, -0.1) is 0 Å². The lowest BCUT2D eigenvalue weighted by Gasteiger charge is -2.34. The van der Waals surface area contributed by atoms with E-state index in [1.165, 1.54) is 11.1 Å². The van der Waals surface area contributed by atoms with Crippen molar-refractivity contribution in [2.24, 2.45) is 10.9 Å². The lowest BCUT2D eigenvalue weighted by atomic mass is 9.93. The lowest BCUT2D eigenvalue weighted by molar-refractivity contribution is -0.121. The Kier molecular flexibility index (Phi) is 7.10. The Bertz CT molecular complexity index is 652. The molecule has 0 unspecified atom stereocenters. The van der Waals surface area contributed by atoms with E-state index in [4.69, 9.17) is 0 Å². The second-order valence-corrected chi connectivity index (χ2v) is 7.58. The molecule has 148 valence electrons. The summed E-state index contributed by atoms with van der Waals surface area (Å²) in [4.78, 5) is 20.9. The molecule has 2 N–H and O–H groups in total. The van der Waals surface area contributed by atoms with Crippen LogP contribution >= 0.6 is 0 Å². The Morgan fingerprint density at radius 1 is 1.19 bits per heavy atom. The van der Waals surface area contributed by atoms with Gasteiger partial charge in [-0.1, -0.05) is 24.3 Å². The van der Waals surface area contributed by atoms with Crippen molar-refractivity contribution >= 4 is 11.9 Å². The van der Waals surface area contributed by atoms with Gasteiger partial charge in [0, 0.05) is 59.8 Å². The molecule has 1 amide bonds. The van der Waals surface area contributed by atoms with E-state index >= 15 is 0 Å². The van der Waals surface area contributed by atoms with Crippen LogP contribution in [0.1, 0.15) is 30.4 Å². The number of hydrogen-bond donors (Lipinski definition) is 2. The van der Waals surface area contributed by atoms with Crippen molar-refractivity contribution in [2.45, 2.75) is 32.2 Å². The minimum absolute atomic E-state index is 0.152. The number of carbonyl (C=O) groups is 1. The maximum atomic E-state index is 11.6. The zero-order chi connectivity index (χ0) is 19.1. The normalized spacial score (nSPS) is 18.9. The number of hydrogen-bond acceptors (Lipinski definition) is 3. The maximum Gasteiger partial charge on any atom is 0.220 e. The molecule has 2 aliphatic rings. The van der Waals surface area contributed by atoms with E-state index in [0.29, 0.717) is 12.3 Å². The fourth-order valence-corrected chi connectivity index (χ4v) is 4.12. The first-order valence-electron chi connectivity index (χ1n) is 10.1. The average molecular weight is 372 g/mol. The average Bonchev–Trinajstić information content (AvgIpc) is 2.72. The third kappa shape index (κ3) is 5.45. The fourth-order valence-electron chi connectivity index (χ4n) is 4.12. The highest BCUT2D eigenvalue weighted by Crippen LogP contribution is 2.20. The Hall–Kier alpha value is -2.08. The van der Waals surface area contributed by atoms with Crippen molar-refractivity contribution in [3.05, 3.63) is 35.4 Å². The van der Waals surface area contributed by atoms with Gasteiger partial charge in [-0.2, -0.15) is 0 Å². The van der Waals surface area contributed by atoms with Crippen LogP contribution in [0.15, 0.2) is 29.3 Å². The van der Waals surface area contributed by atoms with Crippen molar-refractivity contribution in [1.82, 2.24) is 20.4 Å². The SMILES string of the molecule is CN=C(NCCN1CCc2ccccc2C1)N1CCC(CC(=O)NC)CC1. The summed E-state index contributed by atoms with van der Waals surface area (Å²) < 4.78 is 0. The summed E-state index contributed by atoms with van der Waals surface area (Å²) in [6.45, 7) is 6.05. The van der Waals surface area contributed by atoms with Gasteiger partial charge in [0.2, 0.25) is 5.91 Å². The molecule has 1 aromatic rings. The zero-order valence-corrected chi connectivity index (χ0v) is 16.7. The van der Waals surface area contributed by atoms with Crippen LogP contribution in [0, 0.1) is 5.92 Å². The van der Waals surface area contributed by atoms with Gasteiger partial charge < -0.3 is 15.5 Å². The quantitative estimate of drug-likeness (QED) is 0.608. The first kappa shape index (κ1) is 19.7. The van der Waals surface area contributed by atoms with Crippen LogP contribution in [-0.2, 0) is 17.8 Å². The molecule has 0 aliphatic carbocycles. The smallest absolute Gasteiger partial charge is 0.220 e. The third-order valence-electron chi connectivity index (χ3n) is 5.80. The number of nitrogens with one attached hydrogen (secondary N) is 2. The largest absolute Gasteiger partial charge is 0.359 e. The van der Waals surface area contributed by atoms with Crippen LogP contribution < -0.4 is 10.6 Å². The summed E-state index contributed by atoms with van der Waals surface area (Å²) in [5, 5.41) is 6.26. The third-order valence-corrected chi connectivity index (χ3v) is 5.80. The van der Waals surface area contributed by atoms with E-state index in [2.05, 4.69) is 49.7 Å². The monoisotopic (exact) mass is 371 g/mol. The molecule has 0 atom stereocenters. The molecular formula is C21H33N5O. The zero-order valence-electron chi connectivity index (χ0n) is 16.7. The lowest BCUT2D eigenvalue weighted by Crippen LogP contribution is -2.48.